The molecule has 1 aromatic carbocycles. The summed E-state index contributed by atoms with van der Waals surface area (Å²) in [4.78, 5) is 25.9. The van der Waals surface area contributed by atoms with Crippen LogP contribution in [0.3, 0.4) is 0 Å². The fourth-order valence-electron chi connectivity index (χ4n) is 3.90. The third kappa shape index (κ3) is 3.26. The molecule has 0 N–H and O–H groups in total. The Balaban J connectivity index is 1.54. The first kappa shape index (κ1) is 18.2. The number of carbonyl (C=O) groups is 1. The molecule has 0 bridgehead atoms. The molecule has 1 aliphatic heterocycles. The highest BCUT2D eigenvalue weighted by Crippen LogP contribution is 2.24. The van der Waals surface area contributed by atoms with Crippen LogP contribution >= 0.6 is 0 Å². The molecule has 6 heteroatoms. The smallest absolute Gasteiger partial charge is 0.255 e. The number of anilines is 1. The Labute approximate surface area is 165 Å². The minimum Gasteiger partial charge on any atom is -0.337 e. The number of aryl methyl sites for hydroxylation is 2. The van der Waals surface area contributed by atoms with Crippen molar-refractivity contribution >= 4 is 11.9 Å². The summed E-state index contributed by atoms with van der Waals surface area (Å²) in [6.45, 7) is 9.01. The maximum atomic E-state index is 13.2. The molecule has 3 aromatic rings. The Morgan fingerprint density at radius 1 is 0.929 bits per heavy atom. The Morgan fingerprint density at radius 2 is 1.61 bits per heavy atom. The second kappa shape index (κ2) is 7.46. The number of hydrogen-bond acceptors (Lipinski definition) is 4. The molecule has 1 aliphatic rings. The van der Waals surface area contributed by atoms with Crippen LogP contribution in [0.5, 0.6) is 0 Å². The quantitative estimate of drug-likeness (QED) is 0.706. The lowest BCUT2D eigenvalue weighted by Crippen LogP contribution is -2.49. The summed E-state index contributed by atoms with van der Waals surface area (Å²) in [5, 5.41) is 0. The molecular formula is C22H25N5O. The molecule has 1 amide bonds. The largest absolute Gasteiger partial charge is 0.337 e. The van der Waals surface area contributed by atoms with E-state index in [1.54, 1.807) is 12.4 Å². The van der Waals surface area contributed by atoms with Crippen LogP contribution in [0.2, 0.25) is 0 Å². The lowest BCUT2D eigenvalue weighted by molar-refractivity contribution is 0.0745. The summed E-state index contributed by atoms with van der Waals surface area (Å²) in [5.41, 5.74) is 5.17. The molecule has 0 atom stereocenters. The molecule has 0 radical (unpaired) electrons. The fourth-order valence-corrected chi connectivity index (χ4v) is 3.90. The molecular weight excluding hydrogens is 350 g/mol. The normalized spacial score (nSPS) is 14.4. The van der Waals surface area contributed by atoms with Gasteiger partial charge in [-0.3, -0.25) is 4.79 Å². The SMILES string of the molecule is Cc1ccccc1-n1c(C)cc(C(=O)N2CCN(c3ncccn3)CC2)c1C. The maximum absolute atomic E-state index is 13.2. The molecule has 0 spiro atoms. The molecule has 0 aliphatic carbocycles. The third-order valence-electron chi connectivity index (χ3n) is 5.42. The van der Waals surface area contributed by atoms with Crippen LogP contribution in [0, 0.1) is 20.8 Å². The van der Waals surface area contributed by atoms with Gasteiger partial charge >= 0.3 is 0 Å². The van der Waals surface area contributed by atoms with Crippen molar-refractivity contribution in [2.24, 2.45) is 0 Å². The van der Waals surface area contributed by atoms with Crippen LogP contribution in [0.25, 0.3) is 5.69 Å². The number of benzene rings is 1. The van der Waals surface area contributed by atoms with Crippen molar-refractivity contribution in [3.05, 3.63) is 71.3 Å². The number of aromatic nitrogens is 3. The number of para-hydroxylation sites is 1. The van der Waals surface area contributed by atoms with Gasteiger partial charge in [-0.2, -0.15) is 0 Å². The number of hydrogen-bond donors (Lipinski definition) is 0. The summed E-state index contributed by atoms with van der Waals surface area (Å²) in [7, 11) is 0. The van der Waals surface area contributed by atoms with Crippen molar-refractivity contribution in [1.82, 2.24) is 19.4 Å². The number of piperazine rings is 1. The van der Waals surface area contributed by atoms with Crippen LogP contribution in [-0.4, -0.2) is 51.5 Å². The Bertz CT molecular complexity index is 987. The van der Waals surface area contributed by atoms with Gasteiger partial charge in [0.2, 0.25) is 5.95 Å². The van der Waals surface area contributed by atoms with Crippen molar-refractivity contribution in [3.63, 3.8) is 0 Å². The van der Waals surface area contributed by atoms with Gasteiger partial charge in [0, 0.05) is 55.6 Å². The third-order valence-corrected chi connectivity index (χ3v) is 5.42. The lowest BCUT2D eigenvalue weighted by atomic mass is 10.1. The van der Waals surface area contributed by atoms with Crippen LogP contribution in [0.15, 0.2) is 48.8 Å². The molecule has 4 rings (SSSR count). The maximum Gasteiger partial charge on any atom is 0.255 e. The zero-order chi connectivity index (χ0) is 19.7. The van der Waals surface area contributed by atoms with E-state index in [1.807, 2.05) is 36.1 Å². The summed E-state index contributed by atoms with van der Waals surface area (Å²) in [6, 6.07) is 12.1. The van der Waals surface area contributed by atoms with Gasteiger partial charge in [0.25, 0.3) is 5.91 Å². The number of carbonyl (C=O) groups excluding carboxylic acids is 1. The van der Waals surface area contributed by atoms with E-state index in [4.69, 9.17) is 0 Å². The zero-order valence-corrected chi connectivity index (χ0v) is 16.6. The first-order chi connectivity index (χ1) is 13.6. The van der Waals surface area contributed by atoms with Crippen LogP contribution in [0.1, 0.15) is 27.3 Å². The Kier molecular flexibility index (Phi) is 4.86. The van der Waals surface area contributed by atoms with Gasteiger partial charge in [-0.15, -0.1) is 0 Å². The molecule has 6 nitrogen and oxygen atoms in total. The highest BCUT2D eigenvalue weighted by molar-refractivity contribution is 5.96. The highest BCUT2D eigenvalue weighted by Gasteiger charge is 2.26. The van der Waals surface area contributed by atoms with Gasteiger partial charge in [0.05, 0.1) is 5.56 Å². The van der Waals surface area contributed by atoms with E-state index in [0.717, 1.165) is 41.7 Å². The summed E-state index contributed by atoms with van der Waals surface area (Å²) in [5.74, 6) is 0.828. The summed E-state index contributed by atoms with van der Waals surface area (Å²) in [6.07, 6.45) is 3.50. The van der Waals surface area contributed by atoms with E-state index in [-0.39, 0.29) is 5.91 Å². The number of amides is 1. The molecule has 0 saturated carbocycles. The van der Waals surface area contributed by atoms with Gasteiger partial charge in [0.1, 0.15) is 0 Å². The number of nitrogens with zero attached hydrogens (tertiary/aromatic N) is 5. The minimum absolute atomic E-state index is 0.0987. The lowest BCUT2D eigenvalue weighted by Gasteiger charge is -2.34. The van der Waals surface area contributed by atoms with Crippen molar-refractivity contribution in [1.29, 1.82) is 0 Å². The monoisotopic (exact) mass is 375 g/mol. The van der Waals surface area contributed by atoms with Gasteiger partial charge in [-0.1, -0.05) is 18.2 Å². The molecule has 1 fully saturated rings. The average Bonchev–Trinajstić information content (AvgIpc) is 3.03. The highest BCUT2D eigenvalue weighted by atomic mass is 16.2. The topological polar surface area (TPSA) is 54.3 Å². The van der Waals surface area contributed by atoms with E-state index in [2.05, 4.69) is 45.4 Å². The molecule has 3 heterocycles. The fraction of sp³-hybridized carbons (Fsp3) is 0.318. The summed E-state index contributed by atoms with van der Waals surface area (Å²) >= 11 is 0. The van der Waals surface area contributed by atoms with Gasteiger partial charge in [0.15, 0.2) is 0 Å². The van der Waals surface area contributed by atoms with E-state index in [1.165, 1.54) is 5.56 Å². The van der Waals surface area contributed by atoms with E-state index >= 15 is 0 Å². The summed E-state index contributed by atoms with van der Waals surface area (Å²) < 4.78 is 2.18. The van der Waals surface area contributed by atoms with Crippen molar-refractivity contribution in [2.75, 3.05) is 31.1 Å². The predicted molar refractivity (Wildman–Crippen MR) is 110 cm³/mol. The Morgan fingerprint density at radius 3 is 2.29 bits per heavy atom. The second-order valence-corrected chi connectivity index (χ2v) is 7.23. The van der Waals surface area contributed by atoms with Crippen molar-refractivity contribution < 1.29 is 4.79 Å². The average molecular weight is 375 g/mol. The van der Waals surface area contributed by atoms with Crippen molar-refractivity contribution in [3.8, 4) is 5.69 Å². The first-order valence-corrected chi connectivity index (χ1v) is 9.62. The molecule has 28 heavy (non-hydrogen) atoms. The van der Waals surface area contributed by atoms with Crippen LogP contribution < -0.4 is 4.90 Å². The molecule has 1 saturated heterocycles. The first-order valence-electron chi connectivity index (χ1n) is 9.62. The minimum atomic E-state index is 0.0987. The van der Waals surface area contributed by atoms with Gasteiger partial charge in [-0.05, 0) is 44.5 Å². The van der Waals surface area contributed by atoms with Gasteiger partial charge < -0.3 is 14.4 Å². The van der Waals surface area contributed by atoms with Crippen LogP contribution in [0.4, 0.5) is 5.95 Å². The van der Waals surface area contributed by atoms with E-state index in [9.17, 15) is 4.79 Å². The predicted octanol–water partition coefficient (Wildman–Crippen LogP) is 3.15. The van der Waals surface area contributed by atoms with E-state index < -0.39 is 0 Å². The van der Waals surface area contributed by atoms with Gasteiger partial charge in [-0.25, -0.2) is 9.97 Å². The molecule has 0 unspecified atom stereocenters. The van der Waals surface area contributed by atoms with E-state index in [0.29, 0.717) is 13.1 Å². The standard InChI is InChI=1S/C22H25N5O/c1-16-7-4-5-8-20(16)27-17(2)15-19(18(27)3)21(28)25-11-13-26(14-12-25)22-23-9-6-10-24-22/h4-10,15H,11-14H2,1-3H3. The van der Waals surface area contributed by atoms with Crippen LogP contribution in [-0.2, 0) is 0 Å². The second-order valence-electron chi connectivity index (χ2n) is 7.23. The molecule has 144 valence electrons. The molecule has 2 aromatic heterocycles. The zero-order valence-electron chi connectivity index (χ0n) is 16.6. The van der Waals surface area contributed by atoms with Crippen molar-refractivity contribution in [2.45, 2.75) is 20.8 Å². The Hall–Kier alpha value is -3.15. The number of rotatable bonds is 3.